The lowest BCUT2D eigenvalue weighted by atomic mass is 9.84. The topological polar surface area (TPSA) is 52.9 Å². The molecule has 2 saturated heterocycles. The van der Waals surface area contributed by atoms with E-state index in [2.05, 4.69) is 25.7 Å². The third-order valence-electron chi connectivity index (χ3n) is 5.13. The second kappa shape index (κ2) is 4.99. The second-order valence-electron chi connectivity index (χ2n) is 7.37. The van der Waals surface area contributed by atoms with Gasteiger partial charge in [-0.2, -0.15) is 0 Å². The van der Waals surface area contributed by atoms with E-state index < -0.39 is 11.7 Å². The predicted molar refractivity (Wildman–Crippen MR) is 75.0 cm³/mol. The lowest BCUT2D eigenvalue weighted by Gasteiger charge is -2.33. The Hall–Kier alpha value is -0.160. The van der Waals surface area contributed by atoms with Crippen LogP contribution in [0.2, 0.25) is 0 Å². The number of rotatable bonds is 3. The van der Waals surface area contributed by atoms with Crippen LogP contribution in [0.5, 0.6) is 0 Å². The van der Waals surface area contributed by atoms with Gasteiger partial charge in [0.2, 0.25) is 0 Å². The Labute approximate surface area is 116 Å². The van der Waals surface area contributed by atoms with Gasteiger partial charge in [0.1, 0.15) is 0 Å². The molecule has 0 bridgehead atoms. The highest BCUT2D eigenvalue weighted by molar-refractivity contribution is 5.03. The highest BCUT2D eigenvalue weighted by Gasteiger charge is 2.54. The van der Waals surface area contributed by atoms with E-state index in [1.54, 1.807) is 0 Å². The highest BCUT2D eigenvalue weighted by Crippen LogP contribution is 2.43. The molecule has 0 spiro atoms. The maximum atomic E-state index is 10.5. The number of hydrogen-bond donors (Lipinski definition) is 2. The Kier molecular flexibility index (Phi) is 4.00. The van der Waals surface area contributed by atoms with Crippen LogP contribution in [0.25, 0.3) is 0 Å². The zero-order chi connectivity index (χ0) is 14.4. The largest absolute Gasteiger partial charge is 0.395 e. The number of aliphatic hydroxyl groups excluding tert-OH is 2. The van der Waals surface area contributed by atoms with Gasteiger partial charge in [0.05, 0.1) is 23.9 Å². The molecular formula is C15H29NO3. The average Bonchev–Trinajstić information content (AvgIpc) is 2.70. The molecule has 2 fully saturated rings. The third-order valence-corrected chi connectivity index (χ3v) is 5.13. The van der Waals surface area contributed by atoms with Crippen molar-refractivity contribution in [2.45, 2.75) is 64.4 Å². The smallest absolute Gasteiger partial charge is 0.0896 e. The van der Waals surface area contributed by atoms with Crippen LogP contribution in [0.15, 0.2) is 0 Å². The number of likely N-dealkylation sites (tertiary alicyclic amines) is 1. The summed E-state index contributed by atoms with van der Waals surface area (Å²) in [6.07, 6.45) is 0.663. The van der Waals surface area contributed by atoms with Crippen LogP contribution in [0.4, 0.5) is 0 Å². The summed E-state index contributed by atoms with van der Waals surface area (Å²) in [4.78, 5) is 2.32. The first-order chi connectivity index (χ1) is 8.69. The van der Waals surface area contributed by atoms with E-state index >= 15 is 0 Å². The van der Waals surface area contributed by atoms with Gasteiger partial charge < -0.3 is 14.9 Å². The molecule has 0 aliphatic carbocycles. The van der Waals surface area contributed by atoms with E-state index in [-0.39, 0.29) is 24.2 Å². The van der Waals surface area contributed by atoms with Gasteiger partial charge in [-0.3, -0.25) is 4.90 Å². The van der Waals surface area contributed by atoms with Crippen LogP contribution >= 0.6 is 0 Å². The Balaban J connectivity index is 2.10. The first-order valence-electron chi connectivity index (χ1n) is 7.42. The summed E-state index contributed by atoms with van der Waals surface area (Å²) in [5.41, 5.74) is -0.816. The fourth-order valence-electron chi connectivity index (χ4n) is 3.86. The molecule has 4 atom stereocenters. The normalized spacial score (nSPS) is 41.8. The number of aliphatic hydroxyl groups is 2. The lowest BCUT2D eigenvalue weighted by Crippen LogP contribution is -2.46. The Bertz CT molecular complexity index is 329. The Morgan fingerprint density at radius 3 is 2.32 bits per heavy atom. The summed E-state index contributed by atoms with van der Waals surface area (Å²) in [6, 6.07) is 0.228. The van der Waals surface area contributed by atoms with Crippen molar-refractivity contribution in [1.82, 2.24) is 4.90 Å². The summed E-state index contributed by atoms with van der Waals surface area (Å²) < 4.78 is 6.03. The molecule has 0 amide bonds. The van der Waals surface area contributed by atoms with Gasteiger partial charge in [-0.15, -0.1) is 0 Å². The molecule has 2 heterocycles. The summed E-state index contributed by atoms with van der Waals surface area (Å²) >= 11 is 0. The fourth-order valence-corrected chi connectivity index (χ4v) is 3.86. The number of hydrogen-bond acceptors (Lipinski definition) is 4. The summed E-state index contributed by atoms with van der Waals surface area (Å²) in [5.74, 6) is 0.613. The zero-order valence-electron chi connectivity index (χ0n) is 12.9. The minimum Gasteiger partial charge on any atom is -0.395 e. The van der Waals surface area contributed by atoms with Crippen molar-refractivity contribution in [3.8, 4) is 0 Å². The third kappa shape index (κ3) is 2.68. The minimum absolute atomic E-state index is 0.0850. The molecule has 2 aliphatic rings. The van der Waals surface area contributed by atoms with Crippen LogP contribution in [0, 0.1) is 11.8 Å². The molecule has 0 aromatic rings. The maximum Gasteiger partial charge on any atom is 0.0896 e. The lowest BCUT2D eigenvalue weighted by molar-refractivity contribution is -0.0915. The van der Waals surface area contributed by atoms with Gasteiger partial charge in [0.25, 0.3) is 0 Å². The second-order valence-corrected chi connectivity index (χ2v) is 7.37. The quantitative estimate of drug-likeness (QED) is 0.811. The summed E-state index contributed by atoms with van der Waals surface area (Å²) in [5, 5.41) is 20.1. The Morgan fingerprint density at radius 2 is 1.84 bits per heavy atom. The SMILES string of the molecule is CC1CCN(CC2C(O)C(C)(C)OC2(C)C)C1CO. The molecule has 0 saturated carbocycles. The van der Waals surface area contributed by atoms with Crippen LogP contribution < -0.4 is 0 Å². The molecule has 112 valence electrons. The standard InChI is InChI=1S/C15H29NO3/c1-10-6-7-16(12(10)9-17)8-11-13(18)15(4,5)19-14(11,2)3/h10-13,17-18H,6-9H2,1-5H3. The monoisotopic (exact) mass is 271 g/mol. The van der Waals surface area contributed by atoms with Crippen LogP contribution in [0.3, 0.4) is 0 Å². The van der Waals surface area contributed by atoms with Crippen molar-refractivity contribution < 1.29 is 14.9 Å². The van der Waals surface area contributed by atoms with E-state index in [0.29, 0.717) is 5.92 Å². The molecule has 4 unspecified atom stereocenters. The first-order valence-corrected chi connectivity index (χ1v) is 7.42. The van der Waals surface area contributed by atoms with Crippen molar-refractivity contribution in [2.75, 3.05) is 19.7 Å². The van der Waals surface area contributed by atoms with E-state index in [4.69, 9.17) is 4.74 Å². The van der Waals surface area contributed by atoms with Gasteiger partial charge in [-0.25, -0.2) is 0 Å². The van der Waals surface area contributed by atoms with Crippen molar-refractivity contribution >= 4 is 0 Å². The summed E-state index contributed by atoms with van der Waals surface area (Å²) in [6.45, 7) is 12.2. The molecule has 2 aliphatic heterocycles. The molecular weight excluding hydrogens is 242 g/mol. The zero-order valence-corrected chi connectivity index (χ0v) is 12.9. The molecule has 0 radical (unpaired) electrons. The van der Waals surface area contributed by atoms with E-state index in [1.165, 1.54) is 0 Å². The molecule has 0 aromatic carbocycles. The molecule has 0 aromatic heterocycles. The van der Waals surface area contributed by atoms with Crippen LogP contribution in [-0.2, 0) is 4.74 Å². The predicted octanol–water partition coefficient (Wildman–Crippen LogP) is 1.25. The van der Waals surface area contributed by atoms with Crippen LogP contribution in [0.1, 0.15) is 41.0 Å². The van der Waals surface area contributed by atoms with Gasteiger partial charge in [0, 0.05) is 18.5 Å². The molecule has 2 N–H and O–H groups in total. The van der Waals surface area contributed by atoms with Crippen LogP contribution in [-0.4, -0.2) is 58.2 Å². The van der Waals surface area contributed by atoms with E-state index in [1.807, 2.05) is 13.8 Å². The van der Waals surface area contributed by atoms with Crippen molar-refractivity contribution in [2.24, 2.45) is 11.8 Å². The molecule has 19 heavy (non-hydrogen) atoms. The Morgan fingerprint density at radius 1 is 1.21 bits per heavy atom. The average molecular weight is 271 g/mol. The van der Waals surface area contributed by atoms with Crippen molar-refractivity contribution in [3.05, 3.63) is 0 Å². The highest BCUT2D eigenvalue weighted by atomic mass is 16.5. The number of nitrogens with zero attached hydrogens (tertiary/aromatic N) is 1. The first kappa shape index (κ1) is 15.2. The fraction of sp³-hybridized carbons (Fsp3) is 1.00. The van der Waals surface area contributed by atoms with E-state index in [0.717, 1.165) is 19.5 Å². The van der Waals surface area contributed by atoms with E-state index in [9.17, 15) is 10.2 Å². The van der Waals surface area contributed by atoms with Gasteiger partial charge in [-0.1, -0.05) is 6.92 Å². The van der Waals surface area contributed by atoms with Gasteiger partial charge >= 0.3 is 0 Å². The molecule has 4 heteroatoms. The van der Waals surface area contributed by atoms with Gasteiger partial charge in [-0.05, 0) is 46.6 Å². The maximum absolute atomic E-state index is 10.5. The minimum atomic E-state index is -0.492. The molecule has 2 rings (SSSR count). The van der Waals surface area contributed by atoms with Crippen molar-refractivity contribution in [1.29, 1.82) is 0 Å². The number of ether oxygens (including phenoxy) is 1. The molecule has 4 nitrogen and oxygen atoms in total. The van der Waals surface area contributed by atoms with Gasteiger partial charge in [0.15, 0.2) is 0 Å². The van der Waals surface area contributed by atoms with Crippen molar-refractivity contribution in [3.63, 3.8) is 0 Å². The summed E-state index contributed by atoms with van der Waals surface area (Å²) in [7, 11) is 0.